The summed E-state index contributed by atoms with van der Waals surface area (Å²) < 4.78 is 3.76. The molecule has 0 radical (unpaired) electrons. The van der Waals surface area contributed by atoms with E-state index >= 15 is 0 Å². The summed E-state index contributed by atoms with van der Waals surface area (Å²) in [5.41, 5.74) is 1.49. The molecule has 0 spiro atoms. The Labute approximate surface area is 135 Å². The molecule has 0 N–H and O–H groups in total. The number of para-hydroxylation sites is 1. The second-order valence-electron chi connectivity index (χ2n) is 5.77. The van der Waals surface area contributed by atoms with Crippen molar-refractivity contribution < 1.29 is 4.79 Å². The molecule has 0 unspecified atom stereocenters. The van der Waals surface area contributed by atoms with Crippen molar-refractivity contribution in [1.29, 1.82) is 0 Å². The van der Waals surface area contributed by atoms with Gasteiger partial charge in [-0.2, -0.15) is 5.10 Å². The number of aromatic nitrogens is 4. The minimum Gasteiger partial charge on any atom is -0.340 e. The topological polar surface area (TPSA) is 56.0 Å². The highest BCUT2D eigenvalue weighted by atomic mass is 16.2. The summed E-state index contributed by atoms with van der Waals surface area (Å²) in [6.45, 7) is 0.677. The van der Waals surface area contributed by atoms with Crippen LogP contribution >= 0.6 is 0 Å². The Morgan fingerprint density at radius 1 is 1.26 bits per heavy atom. The van der Waals surface area contributed by atoms with Gasteiger partial charge in [0.25, 0.3) is 5.91 Å². The van der Waals surface area contributed by atoms with Gasteiger partial charge in [-0.25, -0.2) is 4.98 Å². The number of hydrogen-bond acceptors (Lipinski definition) is 3. The van der Waals surface area contributed by atoms with Gasteiger partial charge in [-0.05, 0) is 12.5 Å². The summed E-state index contributed by atoms with van der Waals surface area (Å²) in [5.74, 6) is 0.996. The maximum absolute atomic E-state index is 12.7. The number of carbonyl (C=O) groups excluding carboxylic acids is 1. The SMILES string of the molecule is CN(CCCc1nccn1C)C(=O)c1nn(C)c2ccccc12. The molecule has 0 aliphatic heterocycles. The van der Waals surface area contributed by atoms with E-state index in [9.17, 15) is 4.79 Å². The summed E-state index contributed by atoms with van der Waals surface area (Å²) in [4.78, 5) is 18.7. The molecule has 0 bridgehead atoms. The average molecular weight is 311 g/mol. The third-order valence-electron chi connectivity index (χ3n) is 4.12. The molecule has 3 rings (SSSR count). The first kappa shape index (κ1) is 15.3. The molecule has 1 aromatic carbocycles. The van der Waals surface area contributed by atoms with Crippen LogP contribution in [0.2, 0.25) is 0 Å². The van der Waals surface area contributed by atoms with Crippen LogP contribution in [0.3, 0.4) is 0 Å². The lowest BCUT2D eigenvalue weighted by molar-refractivity contribution is 0.0788. The Morgan fingerprint density at radius 2 is 2.04 bits per heavy atom. The van der Waals surface area contributed by atoms with Gasteiger partial charge < -0.3 is 9.47 Å². The Bertz CT molecular complexity index is 832. The summed E-state index contributed by atoms with van der Waals surface area (Å²) >= 11 is 0. The molecule has 0 saturated heterocycles. The van der Waals surface area contributed by atoms with E-state index in [0.717, 1.165) is 29.6 Å². The van der Waals surface area contributed by atoms with Crippen LogP contribution in [0.5, 0.6) is 0 Å². The van der Waals surface area contributed by atoms with E-state index in [1.807, 2.05) is 56.2 Å². The molecule has 0 fully saturated rings. The first-order chi connectivity index (χ1) is 11.1. The highest BCUT2D eigenvalue weighted by molar-refractivity contribution is 6.04. The van der Waals surface area contributed by atoms with Gasteiger partial charge in [0, 0.05) is 51.9 Å². The monoisotopic (exact) mass is 311 g/mol. The first-order valence-electron chi connectivity index (χ1n) is 7.71. The van der Waals surface area contributed by atoms with Crippen LogP contribution in [-0.4, -0.2) is 43.7 Å². The molecule has 120 valence electrons. The Hall–Kier alpha value is -2.63. The smallest absolute Gasteiger partial charge is 0.274 e. The summed E-state index contributed by atoms with van der Waals surface area (Å²) in [7, 11) is 5.67. The highest BCUT2D eigenvalue weighted by Crippen LogP contribution is 2.18. The van der Waals surface area contributed by atoms with Crippen molar-refractivity contribution in [3.8, 4) is 0 Å². The van der Waals surface area contributed by atoms with Gasteiger partial charge in [0.1, 0.15) is 5.82 Å². The zero-order valence-electron chi connectivity index (χ0n) is 13.7. The zero-order chi connectivity index (χ0) is 16.4. The zero-order valence-corrected chi connectivity index (χ0v) is 13.7. The Morgan fingerprint density at radius 3 is 2.78 bits per heavy atom. The number of amides is 1. The third kappa shape index (κ3) is 2.97. The molecule has 1 amide bonds. The van der Waals surface area contributed by atoms with Crippen molar-refractivity contribution in [2.24, 2.45) is 14.1 Å². The third-order valence-corrected chi connectivity index (χ3v) is 4.12. The molecule has 2 aromatic heterocycles. The van der Waals surface area contributed by atoms with Gasteiger partial charge in [-0.15, -0.1) is 0 Å². The van der Waals surface area contributed by atoms with E-state index in [1.54, 1.807) is 15.8 Å². The van der Waals surface area contributed by atoms with Crippen molar-refractivity contribution in [3.63, 3.8) is 0 Å². The second-order valence-corrected chi connectivity index (χ2v) is 5.77. The summed E-state index contributed by atoms with van der Waals surface area (Å²) in [6.07, 6.45) is 5.45. The van der Waals surface area contributed by atoms with Gasteiger partial charge >= 0.3 is 0 Å². The molecule has 3 aromatic rings. The van der Waals surface area contributed by atoms with Crippen molar-refractivity contribution in [2.75, 3.05) is 13.6 Å². The number of nitrogens with zero attached hydrogens (tertiary/aromatic N) is 5. The second kappa shape index (κ2) is 6.24. The highest BCUT2D eigenvalue weighted by Gasteiger charge is 2.19. The predicted octanol–water partition coefficient (Wildman–Crippen LogP) is 2.01. The van der Waals surface area contributed by atoms with Gasteiger partial charge in [0.15, 0.2) is 5.69 Å². The minimum atomic E-state index is -0.0401. The molecule has 0 atom stereocenters. The standard InChI is InChI=1S/C17H21N5O/c1-20-12-10-18-15(20)9-6-11-21(2)17(23)16-13-7-4-5-8-14(13)22(3)19-16/h4-5,7-8,10,12H,6,9,11H2,1-3H3. The predicted molar refractivity (Wildman–Crippen MR) is 89.2 cm³/mol. The lowest BCUT2D eigenvalue weighted by Gasteiger charge is -2.15. The number of fused-ring (bicyclic) bond motifs is 1. The van der Waals surface area contributed by atoms with Crippen LogP contribution in [-0.2, 0) is 20.5 Å². The normalized spacial score (nSPS) is 11.1. The molecular formula is C17H21N5O. The first-order valence-corrected chi connectivity index (χ1v) is 7.71. The Balaban J connectivity index is 1.68. The summed E-state index contributed by atoms with van der Waals surface area (Å²) in [5, 5.41) is 5.29. The van der Waals surface area contributed by atoms with E-state index in [0.29, 0.717) is 12.2 Å². The molecule has 6 heteroatoms. The van der Waals surface area contributed by atoms with Crippen LogP contribution < -0.4 is 0 Å². The Kier molecular flexibility index (Phi) is 4.14. The fourth-order valence-corrected chi connectivity index (χ4v) is 2.77. The lowest BCUT2D eigenvalue weighted by atomic mass is 10.2. The molecule has 0 saturated carbocycles. The number of rotatable bonds is 5. The number of carbonyl (C=O) groups is 1. The summed E-state index contributed by atoms with van der Waals surface area (Å²) in [6, 6.07) is 7.80. The van der Waals surface area contributed by atoms with Crippen LogP contribution in [0.1, 0.15) is 22.7 Å². The van der Waals surface area contributed by atoms with Crippen molar-refractivity contribution >= 4 is 16.8 Å². The maximum Gasteiger partial charge on any atom is 0.274 e. The van der Waals surface area contributed by atoms with Crippen molar-refractivity contribution in [3.05, 3.63) is 48.2 Å². The fourth-order valence-electron chi connectivity index (χ4n) is 2.77. The van der Waals surface area contributed by atoms with Crippen LogP contribution in [0.4, 0.5) is 0 Å². The van der Waals surface area contributed by atoms with E-state index in [4.69, 9.17) is 0 Å². The molecule has 0 aliphatic rings. The van der Waals surface area contributed by atoms with E-state index in [-0.39, 0.29) is 5.91 Å². The van der Waals surface area contributed by atoms with Crippen molar-refractivity contribution in [1.82, 2.24) is 24.2 Å². The average Bonchev–Trinajstić information content (AvgIpc) is 3.11. The number of aryl methyl sites for hydroxylation is 3. The number of hydrogen-bond donors (Lipinski definition) is 0. The quantitative estimate of drug-likeness (QED) is 0.724. The molecule has 23 heavy (non-hydrogen) atoms. The minimum absolute atomic E-state index is 0.0401. The lowest BCUT2D eigenvalue weighted by Crippen LogP contribution is -2.28. The van der Waals surface area contributed by atoms with Crippen LogP contribution in [0, 0.1) is 0 Å². The molecule has 0 aliphatic carbocycles. The van der Waals surface area contributed by atoms with Gasteiger partial charge in [0.2, 0.25) is 0 Å². The number of benzene rings is 1. The molecular weight excluding hydrogens is 290 g/mol. The van der Waals surface area contributed by atoms with E-state index < -0.39 is 0 Å². The van der Waals surface area contributed by atoms with Crippen LogP contribution in [0.25, 0.3) is 10.9 Å². The van der Waals surface area contributed by atoms with Gasteiger partial charge in [-0.1, -0.05) is 18.2 Å². The van der Waals surface area contributed by atoms with E-state index in [2.05, 4.69) is 10.1 Å². The molecule has 2 heterocycles. The fraction of sp³-hybridized carbons (Fsp3) is 0.353. The van der Waals surface area contributed by atoms with Gasteiger partial charge in [-0.3, -0.25) is 9.48 Å². The number of imidazole rings is 1. The van der Waals surface area contributed by atoms with Crippen molar-refractivity contribution in [2.45, 2.75) is 12.8 Å². The maximum atomic E-state index is 12.7. The van der Waals surface area contributed by atoms with E-state index in [1.165, 1.54) is 0 Å². The largest absolute Gasteiger partial charge is 0.340 e. The molecule has 6 nitrogen and oxygen atoms in total. The van der Waals surface area contributed by atoms with Gasteiger partial charge in [0.05, 0.1) is 5.52 Å². The van der Waals surface area contributed by atoms with Crippen LogP contribution in [0.15, 0.2) is 36.7 Å².